The molecule has 6 nitrogen and oxygen atoms in total. The Morgan fingerprint density at radius 2 is 2.04 bits per heavy atom. The molecule has 3 N–H and O–H groups in total. The number of carbonyl (C=O) groups excluding carboxylic acids is 1. The van der Waals surface area contributed by atoms with Gasteiger partial charge in [0.2, 0.25) is 0 Å². The second-order valence-corrected chi connectivity index (χ2v) is 6.93. The van der Waals surface area contributed by atoms with Crippen LogP contribution >= 0.6 is 43.5 Å². The van der Waals surface area contributed by atoms with E-state index in [2.05, 4.69) is 42.4 Å². The molecule has 2 rings (SSSR count). The first kappa shape index (κ1) is 19.6. The van der Waals surface area contributed by atoms with Gasteiger partial charge in [0.25, 0.3) is 5.91 Å². The molecule has 132 valence electrons. The summed E-state index contributed by atoms with van der Waals surface area (Å²) < 4.78 is 5.82. The number of hydrazone groups is 1. The summed E-state index contributed by atoms with van der Waals surface area (Å²) >= 11 is 12.1. The van der Waals surface area contributed by atoms with E-state index in [1.54, 1.807) is 31.2 Å². The molecule has 2 aromatic carbocycles. The molecule has 0 atom stereocenters. The van der Waals surface area contributed by atoms with Crippen LogP contribution in [0.2, 0.25) is 5.02 Å². The second kappa shape index (κ2) is 8.55. The standard InChI is InChI=1S/C16H13Br2ClN2O4/c1-8-11(15(23)14(18)16(24)13(8)17)6-20-21-12(22)7-25-10-4-2-3-9(19)5-10/h2-6,23-24H,7H2,1H3,(H,21,22). The number of hydrogen-bond donors (Lipinski definition) is 3. The van der Waals surface area contributed by atoms with Gasteiger partial charge in [0.15, 0.2) is 6.61 Å². The summed E-state index contributed by atoms with van der Waals surface area (Å²) in [5.41, 5.74) is 3.19. The Balaban J connectivity index is 2.00. The molecule has 2 aromatic rings. The lowest BCUT2D eigenvalue weighted by atomic mass is 10.1. The largest absolute Gasteiger partial charge is 0.506 e. The van der Waals surface area contributed by atoms with Crippen molar-refractivity contribution in [2.45, 2.75) is 6.92 Å². The predicted octanol–water partition coefficient (Wildman–Crippen LogP) is 4.11. The van der Waals surface area contributed by atoms with E-state index < -0.39 is 5.91 Å². The van der Waals surface area contributed by atoms with E-state index in [-0.39, 0.29) is 22.6 Å². The highest BCUT2D eigenvalue weighted by Gasteiger charge is 2.17. The van der Waals surface area contributed by atoms with Crippen LogP contribution in [0.3, 0.4) is 0 Å². The van der Waals surface area contributed by atoms with Gasteiger partial charge in [-0.2, -0.15) is 5.10 Å². The fourth-order valence-corrected chi connectivity index (χ4v) is 3.13. The van der Waals surface area contributed by atoms with E-state index in [9.17, 15) is 15.0 Å². The van der Waals surface area contributed by atoms with Crippen LogP contribution in [0.15, 0.2) is 38.3 Å². The minimum Gasteiger partial charge on any atom is -0.506 e. The predicted molar refractivity (Wildman–Crippen MR) is 103 cm³/mol. The number of halogens is 3. The number of phenols is 2. The quantitative estimate of drug-likeness (QED) is 0.433. The zero-order valence-corrected chi connectivity index (χ0v) is 16.8. The van der Waals surface area contributed by atoms with Crippen molar-refractivity contribution in [3.05, 3.63) is 49.4 Å². The summed E-state index contributed by atoms with van der Waals surface area (Å²) in [6.07, 6.45) is 1.27. The molecule has 9 heteroatoms. The molecule has 0 unspecified atom stereocenters. The summed E-state index contributed by atoms with van der Waals surface area (Å²) in [4.78, 5) is 11.7. The van der Waals surface area contributed by atoms with E-state index in [0.717, 1.165) is 0 Å². The Morgan fingerprint density at radius 3 is 2.72 bits per heavy atom. The molecule has 0 saturated heterocycles. The van der Waals surface area contributed by atoms with Crippen molar-refractivity contribution in [2.24, 2.45) is 5.10 Å². The van der Waals surface area contributed by atoms with E-state index >= 15 is 0 Å². The average molecular weight is 493 g/mol. The fraction of sp³-hybridized carbons (Fsp3) is 0.125. The highest BCUT2D eigenvalue weighted by Crippen LogP contribution is 2.43. The zero-order chi connectivity index (χ0) is 18.6. The van der Waals surface area contributed by atoms with Crippen molar-refractivity contribution in [1.29, 1.82) is 0 Å². The summed E-state index contributed by atoms with van der Waals surface area (Å²) in [5, 5.41) is 24.2. The van der Waals surface area contributed by atoms with Crippen molar-refractivity contribution in [3.8, 4) is 17.2 Å². The number of carbonyl (C=O) groups is 1. The normalized spacial score (nSPS) is 10.9. The first-order valence-corrected chi connectivity index (χ1v) is 8.87. The maximum atomic E-state index is 11.7. The van der Waals surface area contributed by atoms with Crippen LogP contribution in [0.5, 0.6) is 17.2 Å². The minimum atomic E-state index is -0.481. The van der Waals surface area contributed by atoms with Gasteiger partial charge in [-0.1, -0.05) is 17.7 Å². The number of ether oxygens (including phenoxy) is 1. The molecule has 0 spiro atoms. The van der Waals surface area contributed by atoms with Gasteiger partial charge in [-0.25, -0.2) is 5.43 Å². The lowest BCUT2D eigenvalue weighted by molar-refractivity contribution is -0.123. The van der Waals surface area contributed by atoms with Crippen molar-refractivity contribution < 1.29 is 19.7 Å². The molecular formula is C16H13Br2ClN2O4. The zero-order valence-electron chi connectivity index (χ0n) is 12.9. The maximum absolute atomic E-state index is 11.7. The SMILES string of the molecule is Cc1c(Br)c(O)c(Br)c(O)c1C=NNC(=O)COc1cccc(Cl)c1. The lowest BCUT2D eigenvalue weighted by Crippen LogP contribution is -2.24. The highest BCUT2D eigenvalue weighted by molar-refractivity contribution is 9.11. The molecule has 0 heterocycles. The number of amides is 1. The van der Waals surface area contributed by atoms with Crippen molar-refractivity contribution >= 4 is 55.6 Å². The van der Waals surface area contributed by atoms with E-state index in [1.165, 1.54) is 6.21 Å². The molecule has 0 bridgehead atoms. The number of phenolic OH excluding ortho intramolecular Hbond substituents is 2. The van der Waals surface area contributed by atoms with Crippen LogP contribution in [0, 0.1) is 6.92 Å². The topological polar surface area (TPSA) is 91.1 Å². The average Bonchev–Trinajstić information content (AvgIpc) is 2.59. The van der Waals surface area contributed by atoms with Crippen molar-refractivity contribution in [2.75, 3.05) is 6.61 Å². The Bertz CT molecular complexity index is 814. The third-order valence-electron chi connectivity index (χ3n) is 3.16. The highest BCUT2D eigenvalue weighted by atomic mass is 79.9. The van der Waals surface area contributed by atoms with Gasteiger partial charge >= 0.3 is 0 Å². The summed E-state index contributed by atoms with van der Waals surface area (Å²) in [5.74, 6) is -0.325. The van der Waals surface area contributed by atoms with Gasteiger partial charge in [-0.15, -0.1) is 0 Å². The second-order valence-electron chi connectivity index (χ2n) is 4.90. The van der Waals surface area contributed by atoms with Crippen LogP contribution in [-0.4, -0.2) is 28.9 Å². The van der Waals surface area contributed by atoms with Gasteiger partial charge in [-0.05, 0) is 62.5 Å². The number of rotatable bonds is 5. The molecule has 0 aliphatic rings. The number of benzene rings is 2. The smallest absolute Gasteiger partial charge is 0.277 e. The molecule has 0 saturated carbocycles. The monoisotopic (exact) mass is 490 g/mol. The van der Waals surface area contributed by atoms with Crippen molar-refractivity contribution in [3.63, 3.8) is 0 Å². The summed E-state index contributed by atoms with van der Waals surface area (Å²) in [6, 6.07) is 6.67. The summed E-state index contributed by atoms with van der Waals surface area (Å²) in [6.45, 7) is 1.44. The molecule has 25 heavy (non-hydrogen) atoms. The molecule has 0 radical (unpaired) electrons. The van der Waals surface area contributed by atoms with Crippen molar-refractivity contribution in [1.82, 2.24) is 5.43 Å². The van der Waals surface area contributed by atoms with Crippen LogP contribution < -0.4 is 10.2 Å². The number of nitrogens with zero attached hydrogens (tertiary/aromatic N) is 1. The maximum Gasteiger partial charge on any atom is 0.277 e. The number of nitrogens with one attached hydrogen (secondary N) is 1. The van der Waals surface area contributed by atoms with E-state index in [4.69, 9.17) is 16.3 Å². The third kappa shape index (κ3) is 4.87. The Morgan fingerprint density at radius 1 is 1.32 bits per heavy atom. The van der Waals surface area contributed by atoms with Crippen LogP contribution in [0.4, 0.5) is 0 Å². The van der Waals surface area contributed by atoms with Gasteiger partial charge in [0.05, 0.1) is 10.7 Å². The minimum absolute atomic E-state index is 0.119. The molecule has 0 aromatic heterocycles. The number of aromatic hydroxyl groups is 2. The van der Waals surface area contributed by atoms with Gasteiger partial charge < -0.3 is 14.9 Å². The molecular weight excluding hydrogens is 479 g/mol. The Labute approximate surface area is 165 Å². The Hall–Kier alpha value is -1.77. The van der Waals surface area contributed by atoms with Gasteiger partial charge in [0.1, 0.15) is 21.7 Å². The molecule has 1 amide bonds. The molecule has 0 fully saturated rings. The van der Waals surface area contributed by atoms with Crippen LogP contribution in [-0.2, 0) is 4.79 Å². The van der Waals surface area contributed by atoms with Gasteiger partial charge in [0, 0.05) is 10.6 Å². The van der Waals surface area contributed by atoms with E-state index in [0.29, 0.717) is 26.4 Å². The van der Waals surface area contributed by atoms with Crippen LogP contribution in [0.25, 0.3) is 0 Å². The van der Waals surface area contributed by atoms with Gasteiger partial charge in [-0.3, -0.25) is 4.79 Å². The Kier molecular flexibility index (Phi) is 6.69. The van der Waals surface area contributed by atoms with E-state index in [1.807, 2.05) is 0 Å². The summed E-state index contributed by atoms with van der Waals surface area (Å²) in [7, 11) is 0. The number of hydrogen-bond acceptors (Lipinski definition) is 5. The third-order valence-corrected chi connectivity index (χ3v) is 5.12. The first-order chi connectivity index (χ1) is 11.8. The fourth-order valence-electron chi connectivity index (χ4n) is 1.86. The van der Waals surface area contributed by atoms with Crippen LogP contribution in [0.1, 0.15) is 11.1 Å². The molecule has 0 aliphatic carbocycles. The first-order valence-electron chi connectivity index (χ1n) is 6.91. The molecule has 0 aliphatic heterocycles. The lowest BCUT2D eigenvalue weighted by Gasteiger charge is -2.11.